The minimum atomic E-state index is 0.0128. The van der Waals surface area contributed by atoms with Gasteiger partial charge in [0.25, 0.3) is 0 Å². The van der Waals surface area contributed by atoms with Crippen LogP contribution in [0.1, 0.15) is 11.3 Å². The summed E-state index contributed by atoms with van der Waals surface area (Å²) in [6.07, 6.45) is 1.98. The highest BCUT2D eigenvalue weighted by Gasteiger charge is 2.19. The second kappa shape index (κ2) is 7.21. The highest BCUT2D eigenvalue weighted by Crippen LogP contribution is 2.27. The molecule has 0 spiro atoms. The fourth-order valence-electron chi connectivity index (χ4n) is 3.32. The highest BCUT2D eigenvalue weighted by molar-refractivity contribution is 5.81. The lowest BCUT2D eigenvalue weighted by molar-refractivity contribution is 0.122. The number of nitrogens with two attached hydrogens (primary N) is 2. The molecule has 28 heavy (non-hydrogen) atoms. The molecule has 144 valence electrons. The van der Waals surface area contributed by atoms with E-state index in [2.05, 4.69) is 26.3 Å². The number of nitrogens with one attached hydrogen (secondary N) is 1. The van der Waals surface area contributed by atoms with Crippen LogP contribution in [0.2, 0.25) is 0 Å². The van der Waals surface area contributed by atoms with Gasteiger partial charge in [-0.05, 0) is 12.1 Å². The molecule has 3 aromatic rings. The molecule has 0 radical (unpaired) electrons. The van der Waals surface area contributed by atoms with Gasteiger partial charge in [0.1, 0.15) is 17.5 Å². The zero-order valence-corrected chi connectivity index (χ0v) is 15.5. The summed E-state index contributed by atoms with van der Waals surface area (Å²) in [5.41, 5.74) is 15.5. The van der Waals surface area contributed by atoms with E-state index in [1.807, 2.05) is 29.9 Å². The monoisotopic (exact) mass is 379 g/mol. The lowest BCUT2D eigenvalue weighted by Crippen LogP contribution is -2.37. The summed E-state index contributed by atoms with van der Waals surface area (Å²) in [7, 11) is 2.00. The first-order chi connectivity index (χ1) is 13.6. The van der Waals surface area contributed by atoms with Crippen molar-refractivity contribution in [2.75, 3.05) is 48.0 Å². The van der Waals surface area contributed by atoms with Gasteiger partial charge in [-0.3, -0.25) is 0 Å². The van der Waals surface area contributed by atoms with E-state index in [4.69, 9.17) is 21.2 Å². The third-order valence-corrected chi connectivity index (χ3v) is 4.76. The van der Waals surface area contributed by atoms with E-state index in [1.165, 1.54) is 0 Å². The second-order valence-corrected chi connectivity index (χ2v) is 6.54. The first kappa shape index (κ1) is 17.8. The minimum absolute atomic E-state index is 0.0128. The Bertz CT molecular complexity index is 1060. The van der Waals surface area contributed by atoms with E-state index in [0.717, 1.165) is 35.5 Å². The molecule has 0 aliphatic carbocycles. The van der Waals surface area contributed by atoms with E-state index >= 15 is 0 Å². The summed E-state index contributed by atoms with van der Waals surface area (Å²) in [5, 5.41) is 12.5. The van der Waals surface area contributed by atoms with Gasteiger partial charge in [-0.15, -0.1) is 0 Å². The Morgan fingerprint density at radius 2 is 2.04 bits per heavy atom. The van der Waals surface area contributed by atoms with Crippen LogP contribution in [-0.4, -0.2) is 45.8 Å². The van der Waals surface area contributed by atoms with Crippen molar-refractivity contribution in [2.45, 2.75) is 6.54 Å². The van der Waals surface area contributed by atoms with Crippen molar-refractivity contribution in [3.63, 3.8) is 0 Å². The van der Waals surface area contributed by atoms with E-state index in [0.29, 0.717) is 25.6 Å². The van der Waals surface area contributed by atoms with Gasteiger partial charge in [0.15, 0.2) is 5.82 Å². The zero-order chi connectivity index (χ0) is 19.7. The number of hydrogen-bond acceptors (Lipinski definition) is 9. The molecule has 1 aliphatic heterocycles. The van der Waals surface area contributed by atoms with E-state index in [-0.39, 0.29) is 17.3 Å². The Labute approximate surface area is 161 Å². The molecular formula is C18H21N9O. The van der Waals surface area contributed by atoms with E-state index in [1.54, 1.807) is 0 Å². The molecule has 4 heterocycles. The number of pyridine rings is 1. The van der Waals surface area contributed by atoms with Gasteiger partial charge in [0.05, 0.1) is 42.2 Å². The first-order valence-electron chi connectivity index (χ1n) is 8.91. The third kappa shape index (κ3) is 3.23. The maximum atomic E-state index is 9.36. The summed E-state index contributed by atoms with van der Waals surface area (Å²) < 4.78 is 7.52. The quantitative estimate of drug-likeness (QED) is 0.600. The zero-order valence-electron chi connectivity index (χ0n) is 15.5. The first-order valence-corrected chi connectivity index (χ1v) is 8.91. The standard InChI is InChI=1S/C18H21N9O/c1-26-3-2-12-14(26)8-15(27-4-6-28-7-5-27)13(23-12)10-22-17-11(9-19)16(20)24-18(21)25-17/h2-3,8H,4-7,10H2,1H3,(H5,20,21,22,24,25). The van der Waals surface area contributed by atoms with Crippen molar-refractivity contribution in [1.29, 1.82) is 5.26 Å². The number of hydrogen-bond donors (Lipinski definition) is 3. The highest BCUT2D eigenvalue weighted by atomic mass is 16.5. The maximum Gasteiger partial charge on any atom is 0.224 e. The third-order valence-electron chi connectivity index (χ3n) is 4.76. The summed E-state index contributed by atoms with van der Waals surface area (Å²) >= 11 is 0. The molecule has 1 fully saturated rings. The van der Waals surface area contributed by atoms with Crippen LogP contribution >= 0.6 is 0 Å². The summed E-state index contributed by atoms with van der Waals surface area (Å²) in [4.78, 5) is 15.0. The number of ether oxygens (including phenoxy) is 1. The molecule has 1 aliphatic rings. The molecule has 0 aromatic carbocycles. The average Bonchev–Trinajstić information content (AvgIpc) is 3.06. The summed E-state index contributed by atoms with van der Waals surface area (Å²) in [6, 6.07) is 6.13. The van der Waals surface area contributed by atoms with E-state index < -0.39 is 0 Å². The van der Waals surface area contributed by atoms with Crippen LogP contribution in [0.5, 0.6) is 0 Å². The molecule has 10 nitrogen and oxygen atoms in total. The maximum absolute atomic E-state index is 9.36. The number of anilines is 4. The van der Waals surface area contributed by atoms with Gasteiger partial charge >= 0.3 is 0 Å². The summed E-state index contributed by atoms with van der Waals surface area (Å²) in [5.74, 6) is 0.367. The number of nitrogen functional groups attached to an aromatic ring is 2. The average molecular weight is 379 g/mol. The predicted molar refractivity (Wildman–Crippen MR) is 107 cm³/mol. The molecule has 4 rings (SSSR count). The largest absolute Gasteiger partial charge is 0.382 e. The fraction of sp³-hybridized carbons (Fsp3) is 0.333. The van der Waals surface area contributed by atoms with Gasteiger partial charge in [-0.2, -0.15) is 15.2 Å². The number of morpholine rings is 1. The molecule has 0 atom stereocenters. The fourth-order valence-corrected chi connectivity index (χ4v) is 3.32. The van der Waals surface area contributed by atoms with Crippen molar-refractivity contribution in [3.05, 3.63) is 29.6 Å². The van der Waals surface area contributed by atoms with Crippen molar-refractivity contribution in [2.24, 2.45) is 7.05 Å². The van der Waals surface area contributed by atoms with Crippen molar-refractivity contribution >= 4 is 34.3 Å². The van der Waals surface area contributed by atoms with Crippen molar-refractivity contribution < 1.29 is 4.74 Å². The molecule has 5 N–H and O–H groups in total. The van der Waals surface area contributed by atoms with Crippen molar-refractivity contribution in [1.82, 2.24) is 19.5 Å². The number of aryl methyl sites for hydroxylation is 1. The molecule has 0 amide bonds. The Morgan fingerprint density at radius 3 is 2.79 bits per heavy atom. The van der Waals surface area contributed by atoms with Crippen LogP contribution in [0.15, 0.2) is 18.3 Å². The molecule has 0 bridgehead atoms. The molecule has 3 aromatic heterocycles. The topological polar surface area (TPSA) is 144 Å². The van der Waals surface area contributed by atoms with Gasteiger partial charge in [0.2, 0.25) is 5.95 Å². The lowest BCUT2D eigenvalue weighted by atomic mass is 10.2. The van der Waals surface area contributed by atoms with Gasteiger partial charge in [-0.1, -0.05) is 0 Å². The van der Waals surface area contributed by atoms with Crippen LogP contribution in [-0.2, 0) is 18.3 Å². The minimum Gasteiger partial charge on any atom is -0.382 e. The summed E-state index contributed by atoms with van der Waals surface area (Å²) in [6.45, 7) is 3.30. The SMILES string of the molecule is Cn1ccc2nc(CNc3nc(N)nc(N)c3C#N)c(N3CCOCC3)cc21. The Hall–Kier alpha value is -3.58. The molecule has 0 saturated carbocycles. The normalized spacial score (nSPS) is 14.2. The number of nitrogens with zero attached hydrogens (tertiary/aromatic N) is 6. The Balaban J connectivity index is 1.71. The molecule has 0 unspecified atom stereocenters. The predicted octanol–water partition coefficient (Wildman–Crippen LogP) is 0.848. The smallest absolute Gasteiger partial charge is 0.224 e. The molecule has 1 saturated heterocycles. The van der Waals surface area contributed by atoms with Crippen molar-refractivity contribution in [3.8, 4) is 6.07 Å². The van der Waals surface area contributed by atoms with Crippen LogP contribution in [0.4, 0.5) is 23.3 Å². The Morgan fingerprint density at radius 1 is 1.25 bits per heavy atom. The van der Waals surface area contributed by atoms with Crippen LogP contribution < -0.4 is 21.7 Å². The Kier molecular flexibility index (Phi) is 4.58. The molecule has 10 heteroatoms. The number of aromatic nitrogens is 4. The lowest BCUT2D eigenvalue weighted by Gasteiger charge is -2.30. The van der Waals surface area contributed by atoms with Crippen LogP contribution in [0.3, 0.4) is 0 Å². The van der Waals surface area contributed by atoms with E-state index in [9.17, 15) is 5.26 Å². The van der Waals surface area contributed by atoms with Gasteiger partial charge < -0.3 is 31.0 Å². The molecular weight excluding hydrogens is 358 g/mol. The number of nitriles is 1. The van der Waals surface area contributed by atoms with Gasteiger partial charge in [-0.25, -0.2) is 4.98 Å². The number of fused-ring (bicyclic) bond motifs is 1. The second-order valence-electron chi connectivity index (χ2n) is 6.54. The van der Waals surface area contributed by atoms with Crippen LogP contribution in [0.25, 0.3) is 11.0 Å². The number of rotatable bonds is 4. The van der Waals surface area contributed by atoms with Crippen LogP contribution in [0, 0.1) is 11.3 Å². The van der Waals surface area contributed by atoms with Gasteiger partial charge in [0, 0.05) is 26.3 Å².